The molecular weight excluding hydrogens is 541 g/mol. The van der Waals surface area contributed by atoms with E-state index in [9.17, 15) is 4.79 Å². The van der Waals surface area contributed by atoms with Gasteiger partial charge < -0.3 is 10.1 Å². The Kier molecular flexibility index (Phi) is 7.17. The molecule has 1 aliphatic rings. The standard InChI is InChI=1S/C30H27BClN5O2S/c1-17-35-36-30-25(15-27(38)33-13-12-19-16-40-29-22(19)4-3-5-24(29)31)34-28(18-6-8-20(32)9-7-18)23-14-21(39-2)10-11-26(23)37(17)30/h3-11,14,16,25H,12-13,15,31H2,1-2H3,(H,33,38)/t25-/m0/s1. The number of benzene rings is 3. The van der Waals surface area contributed by atoms with E-state index in [1.807, 2.05) is 54.0 Å². The quantitative estimate of drug-likeness (QED) is 0.297. The molecule has 1 N–H and O–H groups in total. The lowest BCUT2D eigenvalue weighted by Crippen LogP contribution is -2.27. The second-order valence-corrected chi connectivity index (χ2v) is 11.2. The number of methoxy groups -OCH3 is 1. The van der Waals surface area contributed by atoms with Crippen LogP contribution in [0.4, 0.5) is 0 Å². The zero-order valence-corrected chi connectivity index (χ0v) is 24.0. The molecule has 0 unspecified atom stereocenters. The monoisotopic (exact) mass is 567 g/mol. The number of aryl methyl sites for hydroxylation is 1. The average Bonchev–Trinajstić information content (AvgIpc) is 3.52. The molecular formula is C30H27BClN5O2S. The SMILES string of the molecule is Bc1cccc2c(CCNC(=O)C[C@@H]3N=C(c4ccc(Cl)cc4)c4cc(OC)ccc4-n4c(C)nnc43)csc12. The fourth-order valence-electron chi connectivity index (χ4n) is 5.21. The molecule has 1 aliphatic heterocycles. The topological polar surface area (TPSA) is 81.4 Å². The molecule has 6 rings (SSSR count). The molecule has 0 saturated carbocycles. The van der Waals surface area contributed by atoms with Crippen molar-refractivity contribution >= 4 is 58.0 Å². The Labute approximate surface area is 242 Å². The Morgan fingerprint density at radius 2 is 1.98 bits per heavy atom. The molecule has 10 heteroatoms. The molecule has 1 amide bonds. The number of nitrogens with one attached hydrogen (secondary N) is 1. The molecule has 0 aliphatic carbocycles. The number of halogens is 1. The van der Waals surface area contributed by atoms with Crippen LogP contribution in [0.15, 0.2) is 71.0 Å². The molecule has 40 heavy (non-hydrogen) atoms. The van der Waals surface area contributed by atoms with Crippen molar-refractivity contribution in [3.63, 3.8) is 0 Å². The van der Waals surface area contributed by atoms with E-state index in [0.717, 1.165) is 34.8 Å². The van der Waals surface area contributed by atoms with E-state index in [-0.39, 0.29) is 12.3 Å². The summed E-state index contributed by atoms with van der Waals surface area (Å²) in [6, 6.07) is 19.2. The highest BCUT2D eigenvalue weighted by Crippen LogP contribution is 2.34. The van der Waals surface area contributed by atoms with Crippen LogP contribution in [-0.2, 0) is 11.2 Å². The molecule has 5 aromatic rings. The summed E-state index contributed by atoms with van der Waals surface area (Å²) in [5.41, 5.74) is 5.91. The number of thiophene rings is 1. The molecule has 3 aromatic carbocycles. The lowest BCUT2D eigenvalue weighted by Gasteiger charge is -2.14. The Morgan fingerprint density at radius 1 is 1.15 bits per heavy atom. The number of carbonyl (C=O) groups is 1. The van der Waals surface area contributed by atoms with Crippen molar-refractivity contribution in [2.24, 2.45) is 4.99 Å². The van der Waals surface area contributed by atoms with Crippen LogP contribution >= 0.6 is 22.9 Å². The maximum absolute atomic E-state index is 13.3. The van der Waals surface area contributed by atoms with Crippen LogP contribution in [0, 0.1) is 6.92 Å². The van der Waals surface area contributed by atoms with Crippen LogP contribution in [0.2, 0.25) is 5.02 Å². The van der Waals surface area contributed by atoms with Crippen LogP contribution in [0.25, 0.3) is 15.8 Å². The number of aliphatic imine (C=N–C) groups is 1. The zero-order chi connectivity index (χ0) is 27.8. The van der Waals surface area contributed by atoms with Crippen molar-refractivity contribution in [3.05, 3.63) is 99.4 Å². The van der Waals surface area contributed by atoms with Crippen molar-refractivity contribution in [2.45, 2.75) is 25.8 Å². The number of nitrogens with zero attached hydrogens (tertiary/aromatic N) is 4. The van der Waals surface area contributed by atoms with E-state index >= 15 is 0 Å². The molecule has 0 radical (unpaired) electrons. The molecule has 0 spiro atoms. The number of fused-ring (bicyclic) bond motifs is 4. The molecule has 2 aromatic heterocycles. The first-order chi connectivity index (χ1) is 19.4. The summed E-state index contributed by atoms with van der Waals surface area (Å²) in [7, 11) is 3.77. The summed E-state index contributed by atoms with van der Waals surface area (Å²) in [5, 5.41) is 16.0. The van der Waals surface area contributed by atoms with E-state index in [4.69, 9.17) is 21.3 Å². The number of carbonyl (C=O) groups excluding carboxylic acids is 1. The Balaban J connectivity index is 1.30. The Bertz CT molecular complexity index is 1760. The third kappa shape index (κ3) is 4.91. The van der Waals surface area contributed by atoms with E-state index in [1.54, 1.807) is 18.4 Å². The van der Waals surface area contributed by atoms with Gasteiger partial charge in [0.25, 0.3) is 0 Å². The predicted octanol–water partition coefficient (Wildman–Crippen LogP) is 4.35. The van der Waals surface area contributed by atoms with Crippen LogP contribution < -0.4 is 15.5 Å². The summed E-state index contributed by atoms with van der Waals surface area (Å²) in [6.45, 7) is 2.45. The van der Waals surface area contributed by atoms with E-state index in [1.165, 1.54) is 21.1 Å². The highest BCUT2D eigenvalue weighted by molar-refractivity contribution is 7.18. The predicted molar refractivity (Wildman–Crippen MR) is 164 cm³/mol. The van der Waals surface area contributed by atoms with Gasteiger partial charge in [-0.1, -0.05) is 47.4 Å². The lowest BCUT2D eigenvalue weighted by molar-refractivity contribution is -0.121. The normalized spacial score (nSPS) is 14.3. The minimum absolute atomic E-state index is 0.0874. The van der Waals surface area contributed by atoms with Gasteiger partial charge in [0.2, 0.25) is 5.91 Å². The maximum atomic E-state index is 13.3. The summed E-state index contributed by atoms with van der Waals surface area (Å²) in [6.07, 6.45) is 0.906. The minimum Gasteiger partial charge on any atom is -0.497 e. The molecule has 3 heterocycles. The van der Waals surface area contributed by atoms with Gasteiger partial charge in [0.05, 0.1) is 24.9 Å². The highest BCUT2D eigenvalue weighted by atomic mass is 35.5. The zero-order valence-electron chi connectivity index (χ0n) is 22.4. The van der Waals surface area contributed by atoms with Gasteiger partial charge in [-0.15, -0.1) is 21.5 Å². The second-order valence-electron chi connectivity index (χ2n) is 9.84. The van der Waals surface area contributed by atoms with Gasteiger partial charge in [-0.25, -0.2) is 0 Å². The Morgan fingerprint density at radius 3 is 2.77 bits per heavy atom. The molecule has 1 atom stereocenters. The second kappa shape index (κ2) is 10.9. The van der Waals surface area contributed by atoms with Crippen molar-refractivity contribution in [1.82, 2.24) is 20.1 Å². The fraction of sp³-hybridized carbons (Fsp3) is 0.200. The van der Waals surface area contributed by atoms with Gasteiger partial charge in [-0.3, -0.25) is 14.4 Å². The smallest absolute Gasteiger partial charge is 0.222 e. The van der Waals surface area contributed by atoms with Crippen LogP contribution in [0.3, 0.4) is 0 Å². The number of amides is 1. The summed E-state index contributed by atoms with van der Waals surface area (Å²) in [4.78, 5) is 18.4. The van der Waals surface area contributed by atoms with E-state index in [0.29, 0.717) is 23.1 Å². The summed E-state index contributed by atoms with van der Waals surface area (Å²) < 4.78 is 8.83. The number of hydrogen-bond acceptors (Lipinski definition) is 6. The Hall–Kier alpha value is -3.95. The first-order valence-electron chi connectivity index (χ1n) is 13.1. The fourth-order valence-corrected chi connectivity index (χ4v) is 6.42. The summed E-state index contributed by atoms with van der Waals surface area (Å²) >= 11 is 7.95. The minimum atomic E-state index is -0.532. The van der Waals surface area contributed by atoms with Gasteiger partial charge in [0.1, 0.15) is 25.5 Å². The number of aromatic nitrogens is 3. The highest BCUT2D eigenvalue weighted by Gasteiger charge is 2.30. The lowest BCUT2D eigenvalue weighted by atomic mass is 9.94. The first kappa shape index (κ1) is 26.3. The van der Waals surface area contributed by atoms with Crippen LogP contribution in [-0.4, -0.2) is 47.9 Å². The molecule has 200 valence electrons. The van der Waals surface area contributed by atoms with E-state index in [2.05, 4.69) is 46.9 Å². The van der Waals surface area contributed by atoms with E-state index < -0.39 is 6.04 Å². The molecule has 7 nitrogen and oxygen atoms in total. The van der Waals surface area contributed by atoms with Gasteiger partial charge in [0, 0.05) is 27.4 Å². The van der Waals surface area contributed by atoms with Crippen LogP contribution in [0.1, 0.15) is 40.8 Å². The van der Waals surface area contributed by atoms with Crippen molar-refractivity contribution in [1.29, 1.82) is 0 Å². The molecule has 0 fully saturated rings. The third-order valence-electron chi connectivity index (χ3n) is 7.22. The average molecular weight is 568 g/mol. The van der Waals surface area contributed by atoms with Crippen LogP contribution in [0.5, 0.6) is 5.75 Å². The van der Waals surface area contributed by atoms with Gasteiger partial charge in [-0.05, 0) is 60.0 Å². The number of hydrogen-bond donors (Lipinski definition) is 1. The largest absolute Gasteiger partial charge is 0.497 e. The molecule has 0 bridgehead atoms. The first-order valence-corrected chi connectivity index (χ1v) is 14.4. The summed E-state index contributed by atoms with van der Waals surface area (Å²) in [5.74, 6) is 1.97. The van der Waals surface area contributed by atoms with Crippen molar-refractivity contribution < 1.29 is 9.53 Å². The third-order valence-corrected chi connectivity index (χ3v) is 8.65. The maximum Gasteiger partial charge on any atom is 0.222 e. The number of rotatable bonds is 7. The van der Waals surface area contributed by atoms with Gasteiger partial charge in [0.15, 0.2) is 5.82 Å². The van der Waals surface area contributed by atoms with Gasteiger partial charge >= 0.3 is 0 Å². The van der Waals surface area contributed by atoms with Crippen molar-refractivity contribution in [2.75, 3.05) is 13.7 Å². The van der Waals surface area contributed by atoms with Crippen molar-refractivity contribution in [3.8, 4) is 11.4 Å². The molecule has 0 saturated heterocycles. The number of ether oxygens (including phenoxy) is 1. The van der Waals surface area contributed by atoms with Gasteiger partial charge in [-0.2, -0.15) is 0 Å².